The fourth-order valence-corrected chi connectivity index (χ4v) is 6.17. The molecule has 202 valence electrons. The Morgan fingerprint density at radius 1 is 0.846 bits per heavy atom. The average Bonchev–Trinajstić information content (AvgIpc) is 2.99. The highest BCUT2D eigenvalue weighted by molar-refractivity contribution is 6.25. The predicted molar refractivity (Wildman–Crippen MR) is 149 cm³/mol. The normalized spacial score (nSPS) is 19.4. The second-order valence-corrected chi connectivity index (χ2v) is 10.8. The number of amides is 2. The Kier molecular flexibility index (Phi) is 7.28. The Hall–Kier alpha value is -3.78. The molecular weight excluding hydrogens is 492 g/mol. The van der Waals surface area contributed by atoms with E-state index in [1.807, 2.05) is 42.5 Å². The molecule has 1 saturated carbocycles. The number of anilines is 1. The minimum Gasteiger partial charge on any atom is -0.459 e. The third-order valence-corrected chi connectivity index (χ3v) is 8.27. The van der Waals surface area contributed by atoms with E-state index in [1.54, 1.807) is 18.3 Å². The van der Waals surface area contributed by atoms with Crippen molar-refractivity contribution in [3.63, 3.8) is 0 Å². The molecular formula is C31H34N4O4. The fourth-order valence-electron chi connectivity index (χ4n) is 6.17. The number of carbonyl (C=O) groups excluding carboxylic acids is 3. The Balaban J connectivity index is 1.20. The average molecular weight is 527 g/mol. The number of hydrogen-bond donors (Lipinski definition) is 0. The molecule has 1 saturated heterocycles. The molecule has 0 radical (unpaired) electrons. The van der Waals surface area contributed by atoms with Crippen molar-refractivity contribution in [2.75, 3.05) is 44.2 Å². The first-order valence-electron chi connectivity index (χ1n) is 14.1. The van der Waals surface area contributed by atoms with Gasteiger partial charge in [-0.3, -0.25) is 24.2 Å². The van der Waals surface area contributed by atoms with Gasteiger partial charge in [0.1, 0.15) is 11.9 Å². The maximum Gasteiger partial charge on any atom is 0.309 e. The van der Waals surface area contributed by atoms with Crippen molar-refractivity contribution in [2.45, 2.75) is 38.2 Å². The van der Waals surface area contributed by atoms with Crippen molar-refractivity contribution in [3.05, 3.63) is 71.9 Å². The lowest BCUT2D eigenvalue weighted by atomic mass is 9.89. The van der Waals surface area contributed by atoms with Crippen LogP contribution >= 0.6 is 0 Å². The molecule has 1 aromatic heterocycles. The van der Waals surface area contributed by atoms with Crippen LogP contribution in [0.2, 0.25) is 0 Å². The first-order chi connectivity index (χ1) is 19.1. The van der Waals surface area contributed by atoms with Crippen molar-refractivity contribution in [1.82, 2.24) is 14.8 Å². The van der Waals surface area contributed by atoms with E-state index < -0.39 is 6.10 Å². The molecule has 2 fully saturated rings. The van der Waals surface area contributed by atoms with Crippen LogP contribution in [0.3, 0.4) is 0 Å². The van der Waals surface area contributed by atoms with Gasteiger partial charge in [-0.25, -0.2) is 4.98 Å². The zero-order valence-electron chi connectivity index (χ0n) is 22.1. The quantitative estimate of drug-likeness (QED) is 0.338. The van der Waals surface area contributed by atoms with Gasteiger partial charge in [0.25, 0.3) is 11.8 Å². The first kappa shape index (κ1) is 25.5. The van der Waals surface area contributed by atoms with Crippen molar-refractivity contribution >= 4 is 34.4 Å². The van der Waals surface area contributed by atoms with E-state index in [-0.39, 0.29) is 30.2 Å². The van der Waals surface area contributed by atoms with Crippen molar-refractivity contribution in [2.24, 2.45) is 5.92 Å². The van der Waals surface area contributed by atoms with Crippen LogP contribution in [0.5, 0.6) is 0 Å². The third kappa shape index (κ3) is 5.26. The summed E-state index contributed by atoms with van der Waals surface area (Å²) in [5.41, 5.74) is 1.04. The molecule has 8 nitrogen and oxygen atoms in total. The van der Waals surface area contributed by atoms with Gasteiger partial charge in [-0.05, 0) is 42.5 Å². The summed E-state index contributed by atoms with van der Waals surface area (Å²) >= 11 is 0. The number of nitrogens with zero attached hydrogens (tertiary/aromatic N) is 4. The van der Waals surface area contributed by atoms with E-state index in [9.17, 15) is 14.4 Å². The number of esters is 1. The summed E-state index contributed by atoms with van der Waals surface area (Å²) in [5, 5.41) is 1.57. The molecule has 1 unspecified atom stereocenters. The minimum atomic E-state index is -0.599. The summed E-state index contributed by atoms with van der Waals surface area (Å²) in [6, 6.07) is 17.0. The second-order valence-electron chi connectivity index (χ2n) is 10.8. The molecule has 2 amide bonds. The third-order valence-electron chi connectivity index (χ3n) is 8.27. The van der Waals surface area contributed by atoms with Gasteiger partial charge < -0.3 is 9.64 Å². The van der Waals surface area contributed by atoms with E-state index in [2.05, 4.69) is 14.8 Å². The topological polar surface area (TPSA) is 83.1 Å². The van der Waals surface area contributed by atoms with Crippen LogP contribution in [-0.4, -0.2) is 77.9 Å². The standard InChI is InChI=1S/C31H34N4O4/c36-29-25-12-6-10-22-11-7-13-26(28(22)25)30(37)35(29)21-24(39-31(38)23-8-2-1-3-9-23)20-33-16-18-34(19-17-33)27-14-4-5-15-32-27/h4-7,10-15,23-24H,1-3,8-9,16-21H2. The van der Waals surface area contributed by atoms with Gasteiger partial charge in [0.2, 0.25) is 0 Å². The molecule has 1 atom stereocenters. The molecule has 8 heteroatoms. The number of aromatic nitrogens is 1. The van der Waals surface area contributed by atoms with Gasteiger partial charge in [0, 0.05) is 55.4 Å². The molecule has 0 N–H and O–H groups in total. The summed E-state index contributed by atoms with van der Waals surface area (Å²) in [5.74, 6) is -0.0172. The maximum atomic E-state index is 13.6. The van der Waals surface area contributed by atoms with Gasteiger partial charge in [-0.15, -0.1) is 0 Å². The Labute approximate surface area is 228 Å². The van der Waals surface area contributed by atoms with Gasteiger partial charge in [-0.2, -0.15) is 0 Å². The van der Waals surface area contributed by atoms with Crippen molar-refractivity contribution in [3.8, 4) is 0 Å². The smallest absolute Gasteiger partial charge is 0.309 e. The number of hydrogen-bond acceptors (Lipinski definition) is 7. The van der Waals surface area contributed by atoms with Crippen LogP contribution in [-0.2, 0) is 9.53 Å². The summed E-state index contributed by atoms with van der Waals surface area (Å²) in [6.45, 7) is 3.67. The van der Waals surface area contributed by atoms with Crippen LogP contribution in [0.25, 0.3) is 10.8 Å². The molecule has 0 spiro atoms. The van der Waals surface area contributed by atoms with Crippen LogP contribution in [0.15, 0.2) is 60.8 Å². The van der Waals surface area contributed by atoms with Crippen LogP contribution in [0, 0.1) is 5.92 Å². The van der Waals surface area contributed by atoms with Gasteiger partial charge in [0.15, 0.2) is 0 Å². The molecule has 3 aliphatic rings. The highest BCUT2D eigenvalue weighted by atomic mass is 16.5. The number of imide groups is 1. The Bertz CT molecular complexity index is 1310. The number of piperazine rings is 1. The maximum absolute atomic E-state index is 13.6. The number of carbonyl (C=O) groups is 3. The van der Waals surface area contributed by atoms with Crippen molar-refractivity contribution < 1.29 is 19.1 Å². The van der Waals surface area contributed by atoms with E-state index in [4.69, 9.17) is 4.74 Å². The lowest BCUT2D eigenvalue weighted by molar-refractivity contribution is -0.156. The van der Waals surface area contributed by atoms with Gasteiger partial charge in [0.05, 0.1) is 12.5 Å². The summed E-state index contributed by atoms with van der Waals surface area (Å²) in [4.78, 5) is 50.6. The van der Waals surface area contributed by atoms with Gasteiger partial charge in [-0.1, -0.05) is 49.6 Å². The molecule has 0 bridgehead atoms. The highest BCUT2D eigenvalue weighted by Gasteiger charge is 2.36. The van der Waals surface area contributed by atoms with Crippen LogP contribution in [0.1, 0.15) is 52.8 Å². The zero-order valence-corrected chi connectivity index (χ0v) is 22.1. The molecule has 2 aliphatic heterocycles. The molecule has 1 aliphatic carbocycles. The molecule has 6 rings (SSSR count). The summed E-state index contributed by atoms with van der Waals surface area (Å²) < 4.78 is 6.11. The highest BCUT2D eigenvalue weighted by Crippen LogP contribution is 2.31. The van der Waals surface area contributed by atoms with E-state index in [1.165, 1.54) is 4.90 Å². The molecule has 3 aromatic rings. The summed E-state index contributed by atoms with van der Waals surface area (Å²) in [6.07, 6.45) is 6.09. The predicted octanol–water partition coefficient (Wildman–Crippen LogP) is 4.15. The van der Waals surface area contributed by atoms with E-state index >= 15 is 0 Å². The fraction of sp³-hybridized carbons (Fsp3) is 0.419. The molecule has 2 aromatic carbocycles. The van der Waals surface area contributed by atoms with Crippen LogP contribution in [0.4, 0.5) is 5.82 Å². The van der Waals surface area contributed by atoms with E-state index in [0.717, 1.165) is 69.5 Å². The SMILES string of the molecule is O=C(OC(CN1CCN(c2ccccn2)CC1)CN1C(=O)c2cccc3cccc(c23)C1=O)C1CCCCC1. The number of benzene rings is 2. The zero-order chi connectivity index (χ0) is 26.8. The number of rotatable bonds is 7. The number of ether oxygens (including phenoxy) is 1. The Morgan fingerprint density at radius 2 is 1.54 bits per heavy atom. The van der Waals surface area contributed by atoms with Gasteiger partial charge >= 0.3 is 5.97 Å². The minimum absolute atomic E-state index is 0.0430. The lowest BCUT2D eigenvalue weighted by Crippen LogP contribution is -2.53. The number of pyridine rings is 1. The molecule has 3 heterocycles. The van der Waals surface area contributed by atoms with E-state index in [0.29, 0.717) is 23.1 Å². The monoisotopic (exact) mass is 526 g/mol. The van der Waals surface area contributed by atoms with Crippen molar-refractivity contribution in [1.29, 1.82) is 0 Å². The largest absolute Gasteiger partial charge is 0.459 e. The Morgan fingerprint density at radius 3 is 2.18 bits per heavy atom. The lowest BCUT2D eigenvalue weighted by Gasteiger charge is -2.38. The molecule has 39 heavy (non-hydrogen) atoms. The summed E-state index contributed by atoms with van der Waals surface area (Å²) in [7, 11) is 0. The van der Waals surface area contributed by atoms with Crippen LogP contribution < -0.4 is 4.90 Å². The first-order valence-corrected chi connectivity index (χ1v) is 14.1. The second kappa shape index (κ2) is 11.1.